The lowest BCUT2D eigenvalue weighted by atomic mass is 9.90. The van der Waals surface area contributed by atoms with E-state index >= 15 is 0 Å². The number of amides is 1. The molecule has 0 bridgehead atoms. The third-order valence-corrected chi connectivity index (χ3v) is 4.58. The molecule has 0 aromatic heterocycles. The maximum atomic E-state index is 12.2. The number of hydrogen-bond donors (Lipinski definition) is 1. The molecule has 0 spiro atoms. The van der Waals surface area contributed by atoms with Gasteiger partial charge in [0.1, 0.15) is 0 Å². The van der Waals surface area contributed by atoms with Crippen molar-refractivity contribution in [2.24, 2.45) is 0 Å². The Morgan fingerprint density at radius 1 is 1.30 bits per heavy atom. The molecular weight excluding hydrogens is 250 g/mol. The fraction of sp³-hybridized carbons (Fsp3) is 0.562. The van der Waals surface area contributed by atoms with Crippen molar-refractivity contribution in [3.8, 4) is 0 Å². The van der Waals surface area contributed by atoms with Crippen molar-refractivity contribution in [2.45, 2.75) is 25.3 Å². The van der Waals surface area contributed by atoms with Crippen LogP contribution in [0.3, 0.4) is 0 Å². The largest absolute Gasteiger partial charge is 0.310 e. The van der Waals surface area contributed by atoms with Gasteiger partial charge in [0, 0.05) is 24.3 Å². The van der Waals surface area contributed by atoms with Gasteiger partial charge in [-0.15, -0.1) is 0 Å². The van der Waals surface area contributed by atoms with Crippen LogP contribution >= 0.6 is 0 Å². The number of nitrogens with zero attached hydrogens (tertiary/aromatic N) is 2. The SMILES string of the molecule is CN1CCN(c2cccc(C3(C)CCCN3)c2)C(=O)C1. The molecule has 2 fully saturated rings. The Hall–Kier alpha value is -1.39. The number of likely N-dealkylation sites (N-methyl/N-ethyl adjacent to an activating group) is 1. The number of benzene rings is 1. The van der Waals surface area contributed by atoms with Gasteiger partial charge in [-0.05, 0) is 51.1 Å². The quantitative estimate of drug-likeness (QED) is 0.888. The first-order valence-electron chi connectivity index (χ1n) is 7.43. The van der Waals surface area contributed by atoms with Crippen molar-refractivity contribution in [3.63, 3.8) is 0 Å². The van der Waals surface area contributed by atoms with E-state index in [1.807, 2.05) is 18.0 Å². The summed E-state index contributed by atoms with van der Waals surface area (Å²) in [5.41, 5.74) is 2.39. The van der Waals surface area contributed by atoms with Crippen molar-refractivity contribution in [2.75, 3.05) is 38.1 Å². The first-order valence-corrected chi connectivity index (χ1v) is 7.43. The highest BCUT2D eigenvalue weighted by Crippen LogP contribution is 2.32. The van der Waals surface area contributed by atoms with Gasteiger partial charge in [-0.3, -0.25) is 9.69 Å². The normalized spacial score (nSPS) is 28.1. The molecule has 1 atom stereocenters. The Balaban J connectivity index is 1.86. The lowest BCUT2D eigenvalue weighted by Crippen LogP contribution is -2.49. The average molecular weight is 273 g/mol. The number of hydrogen-bond acceptors (Lipinski definition) is 3. The van der Waals surface area contributed by atoms with E-state index in [0.29, 0.717) is 6.54 Å². The minimum atomic E-state index is 0.0611. The Morgan fingerprint density at radius 2 is 2.15 bits per heavy atom. The molecule has 0 aliphatic carbocycles. The molecule has 1 N–H and O–H groups in total. The van der Waals surface area contributed by atoms with E-state index in [1.54, 1.807) is 0 Å². The number of anilines is 1. The van der Waals surface area contributed by atoms with Crippen molar-refractivity contribution in [3.05, 3.63) is 29.8 Å². The zero-order valence-electron chi connectivity index (χ0n) is 12.4. The predicted octanol–water partition coefficient (Wildman–Crippen LogP) is 1.56. The Morgan fingerprint density at radius 3 is 2.85 bits per heavy atom. The van der Waals surface area contributed by atoms with Crippen LogP contribution in [0.2, 0.25) is 0 Å². The molecule has 1 aromatic carbocycles. The molecule has 1 unspecified atom stereocenters. The number of carbonyl (C=O) groups excluding carboxylic acids is 1. The molecule has 2 heterocycles. The molecule has 20 heavy (non-hydrogen) atoms. The molecule has 108 valence electrons. The van der Waals surface area contributed by atoms with Crippen LogP contribution in [0.5, 0.6) is 0 Å². The van der Waals surface area contributed by atoms with E-state index in [2.05, 4.69) is 35.3 Å². The van der Waals surface area contributed by atoms with Gasteiger partial charge in [-0.1, -0.05) is 12.1 Å². The van der Waals surface area contributed by atoms with Crippen LogP contribution in [0, 0.1) is 0 Å². The minimum absolute atomic E-state index is 0.0611. The Kier molecular flexibility index (Phi) is 3.52. The first-order chi connectivity index (χ1) is 9.58. The Bertz CT molecular complexity index is 508. The fourth-order valence-electron chi connectivity index (χ4n) is 3.22. The van der Waals surface area contributed by atoms with Gasteiger partial charge in [0.2, 0.25) is 5.91 Å². The van der Waals surface area contributed by atoms with Crippen LogP contribution in [0.25, 0.3) is 0 Å². The smallest absolute Gasteiger partial charge is 0.241 e. The predicted molar refractivity (Wildman–Crippen MR) is 80.9 cm³/mol. The van der Waals surface area contributed by atoms with Gasteiger partial charge in [0.15, 0.2) is 0 Å². The van der Waals surface area contributed by atoms with Gasteiger partial charge in [-0.25, -0.2) is 0 Å². The maximum Gasteiger partial charge on any atom is 0.241 e. The molecule has 2 saturated heterocycles. The second-order valence-corrected chi connectivity index (χ2v) is 6.20. The van der Waals surface area contributed by atoms with Crippen molar-refractivity contribution in [1.29, 1.82) is 0 Å². The monoisotopic (exact) mass is 273 g/mol. The van der Waals surface area contributed by atoms with E-state index in [4.69, 9.17) is 0 Å². The standard InChI is InChI=1S/C16H23N3O/c1-16(7-4-8-17-16)13-5-3-6-14(11-13)19-10-9-18(2)12-15(19)20/h3,5-6,11,17H,4,7-10,12H2,1-2H3. The molecule has 4 heteroatoms. The van der Waals surface area contributed by atoms with Crippen LogP contribution in [0.15, 0.2) is 24.3 Å². The highest BCUT2D eigenvalue weighted by molar-refractivity contribution is 5.95. The van der Waals surface area contributed by atoms with E-state index in [-0.39, 0.29) is 11.4 Å². The maximum absolute atomic E-state index is 12.2. The van der Waals surface area contributed by atoms with Crippen LogP contribution in [-0.4, -0.2) is 44.0 Å². The number of piperazine rings is 1. The molecule has 3 rings (SSSR count). The molecule has 0 saturated carbocycles. The van der Waals surface area contributed by atoms with Gasteiger partial charge >= 0.3 is 0 Å². The number of carbonyl (C=O) groups is 1. The van der Waals surface area contributed by atoms with Gasteiger partial charge in [0.05, 0.1) is 6.54 Å². The van der Waals surface area contributed by atoms with E-state index < -0.39 is 0 Å². The topological polar surface area (TPSA) is 35.6 Å². The molecular formula is C16H23N3O. The summed E-state index contributed by atoms with van der Waals surface area (Å²) in [5.74, 6) is 0.195. The third-order valence-electron chi connectivity index (χ3n) is 4.58. The second-order valence-electron chi connectivity index (χ2n) is 6.20. The molecule has 1 aromatic rings. The molecule has 2 aliphatic heterocycles. The van der Waals surface area contributed by atoms with Crippen molar-refractivity contribution < 1.29 is 4.79 Å². The van der Waals surface area contributed by atoms with Crippen molar-refractivity contribution in [1.82, 2.24) is 10.2 Å². The van der Waals surface area contributed by atoms with E-state index in [1.165, 1.54) is 12.0 Å². The zero-order chi connectivity index (χ0) is 14.2. The summed E-state index contributed by atoms with van der Waals surface area (Å²) in [6, 6.07) is 8.47. The van der Waals surface area contributed by atoms with E-state index in [9.17, 15) is 4.79 Å². The van der Waals surface area contributed by atoms with Crippen LogP contribution < -0.4 is 10.2 Å². The summed E-state index contributed by atoms with van der Waals surface area (Å²) >= 11 is 0. The first kappa shape index (κ1) is 13.6. The van der Waals surface area contributed by atoms with Crippen LogP contribution in [0.4, 0.5) is 5.69 Å². The van der Waals surface area contributed by atoms with Gasteiger partial charge in [-0.2, -0.15) is 0 Å². The Labute approximate surface area is 120 Å². The summed E-state index contributed by atoms with van der Waals surface area (Å²) in [4.78, 5) is 16.2. The minimum Gasteiger partial charge on any atom is -0.310 e. The third kappa shape index (κ3) is 2.45. The van der Waals surface area contributed by atoms with Crippen LogP contribution in [-0.2, 0) is 10.3 Å². The summed E-state index contributed by atoms with van der Waals surface area (Å²) in [6.45, 7) is 5.56. The van der Waals surface area contributed by atoms with Crippen molar-refractivity contribution >= 4 is 11.6 Å². The number of nitrogens with one attached hydrogen (secondary N) is 1. The highest BCUT2D eigenvalue weighted by Gasteiger charge is 2.31. The summed E-state index contributed by atoms with van der Waals surface area (Å²) in [6.07, 6.45) is 2.38. The lowest BCUT2D eigenvalue weighted by molar-refractivity contribution is -0.120. The second kappa shape index (κ2) is 5.19. The molecule has 4 nitrogen and oxygen atoms in total. The summed E-state index contributed by atoms with van der Waals surface area (Å²) < 4.78 is 0. The summed E-state index contributed by atoms with van der Waals surface area (Å²) in [5, 5.41) is 3.59. The van der Waals surface area contributed by atoms with Gasteiger partial charge in [0.25, 0.3) is 0 Å². The highest BCUT2D eigenvalue weighted by atomic mass is 16.2. The fourth-order valence-corrected chi connectivity index (χ4v) is 3.22. The average Bonchev–Trinajstić information content (AvgIpc) is 2.87. The van der Waals surface area contributed by atoms with Gasteiger partial charge < -0.3 is 10.2 Å². The molecule has 1 amide bonds. The molecule has 0 radical (unpaired) electrons. The lowest BCUT2D eigenvalue weighted by Gasteiger charge is -2.33. The zero-order valence-corrected chi connectivity index (χ0v) is 12.4. The van der Waals surface area contributed by atoms with Crippen LogP contribution in [0.1, 0.15) is 25.3 Å². The van der Waals surface area contributed by atoms with E-state index in [0.717, 1.165) is 31.7 Å². The molecule has 2 aliphatic rings. The number of rotatable bonds is 2. The summed E-state index contributed by atoms with van der Waals surface area (Å²) in [7, 11) is 2.00.